The number of ether oxygens (including phenoxy) is 2. The van der Waals surface area contributed by atoms with Gasteiger partial charge in [0.2, 0.25) is 6.29 Å². The number of rotatable bonds is 5. The Kier molecular flexibility index (Phi) is 4.72. The molecular weight excluding hydrogens is 264 g/mol. The molecule has 21 heavy (non-hydrogen) atoms. The summed E-state index contributed by atoms with van der Waals surface area (Å²) in [7, 11) is 0. The zero-order chi connectivity index (χ0) is 15.8. The van der Waals surface area contributed by atoms with Crippen molar-refractivity contribution in [3.8, 4) is 0 Å². The molecule has 0 radical (unpaired) electrons. The van der Waals surface area contributed by atoms with Crippen LogP contribution in [0.2, 0.25) is 0 Å². The molecule has 2 rings (SSSR count). The summed E-state index contributed by atoms with van der Waals surface area (Å²) in [6, 6.07) is 0. The minimum Gasteiger partial charge on any atom is -0.435 e. The number of carbonyl (C=O) groups is 1. The Bertz CT molecular complexity index is 380. The van der Waals surface area contributed by atoms with Crippen molar-refractivity contribution in [2.45, 2.75) is 86.0 Å². The molecule has 0 aromatic heterocycles. The van der Waals surface area contributed by atoms with Gasteiger partial charge in [0, 0.05) is 5.41 Å². The maximum atomic E-state index is 12.4. The molecule has 3 heteroatoms. The number of esters is 1. The second kappa shape index (κ2) is 5.91. The van der Waals surface area contributed by atoms with Gasteiger partial charge in [-0.25, -0.2) is 0 Å². The average molecular weight is 296 g/mol. The van der Waals surface area contributed by atoms with Crippen LogP contribution in [0.3, 0.4) is 0 Å². The normalized spacial score (nSPS) is 30.5. The molecular formula is C18H32O3. The van der Waals surface area contributed by atoms with Gasteiger partial charge < -0.3 is 9.47 Å². The van der Waals surface area contributed by atoms with Gasteiger partial charge in [0.25, 0.3) is 0 Å². The van der Waals surface area contributed by atoms with E-state index >= 15 is 0 Å². The highest BCUT2D eigenvalue weighted by atomic mass is 16.7. The number of carbonyl (C=O) groups excluding carboxylic acids is 1. The summed E-state index contributed by atoms with van der Waals surface area (Å²) in [5, 5.41) is 0. The van der Waals surface area contributed by atoms with Gasteiger partial charge in [-0.2, -0.15) is 0 Å². The highest BCUT2D eigenvalue weighted by molar-refractivity contribution is 5.75. The summed E-state index contributed by atoms with van der Waals surface area (Å²) in [5.41, 5.74) is -0.636. The Balaban J connectivity index is 2.00. The summed E-state index contributed by atoms with van der Waals surface area (Å²) < 4.78 is 12.1. The summed E-state index contributed by atoms with van der Waals surface area (Å²) in [4.78, 5) is 12.4. The van der Waals surface area contributed by atoms with E-state index in [4.69, 9.17) is 9.47 Å². The maximum Gasteiger partial charge on any atom is 0.313 e. The Morgan fingerprint density at radius 3 is 2.24 bits per heavy atom. The Morgan fingerprint density at radius 2 is 1.81 bits per heavy atom. The van der Waals surface area contributed by atoms with Gasteiger partial charge in [-0.15, -0.1) is 0 Å². The molecule has 0 saturated heterocycles. The lowest BCUT2D eigenvalue weighted by Crippen LogP contribution is -2.41. The molecule has 4 unspecified atom stereocenters. The second-order valence-corrected chi connectivity index (χ2v) is 8.69. The molecule has 2 aliphatic carbocycles. The highest BCUT2D eigenvalue weighted by Crippen LogP contribution is 2.47. The van der Waals surface area contributed by atoms with Gasteiger partial charge in [0.05, 0.1) is 11.5 Å². The zero-order valence-electron chi connectivity index (χ0n) is 14.6. The van der Waals surface area contributed by atoms with E-state index in [9.17, 15) is 4.79 Å². The van der Waals surface area contributed by atoms with Crippen LogP contribution in [0, 0.1) is 22.7 Å². The molecule has 0 aromatic rings. The van der Waals surface area contributed by atoms with Crippen LogP contribution < -0.4 is 0 Å². The predicted octanol–water partition coefficient (Wildman–Crippen LogP) is 4.54. The fourth-order valence-corrected chi connectivity index (χ4v) is 3.32. The highest BCUT2D eigenvalue weighted by Gasteiger charge is 2.44. The van der Waals surface area contributed by atoms with Gasteiger partial charge in [-0.1, -0.05) is 27.7 Å². The number of fused-ring (bicyclic) bond motifs is 2. The molecule has 2 saturated carbocycles. The topological polar surface area (TPSA) is 35.5 Å². The van der Waals surface area contributed by atoms with Crippen LogP contribution in [-0.4, -0.2) is 18.4 Å². The minimum absolute atomic E-state index is 0.145. The molecule has 2 aliphatic rings. The Morgan fingerprint density at radius 1 is 1.14 bits per heavy atom. The zero-order valence-corrected chi connectivity index (χ0v) is 14.6. The van der Waals surface area contributed by atoms with E-state index in [1.165, 1.54) is 19.3 Å². The van der Waals surface area contributed by atoms with Gasteiger partial charge in [0.1, 0.15) is 0 Å². The second-order valence-electron chi connectivity index (χ2n) is 8.69. The van der Waals surface area contributed by atoms with Crippen molar-refractivity contribution in [1.29, 1.82) is 0 Å². The molecule has 2 bridgehead atoms. The van der Waals surface area contributed by atoms with E-state index in [1.807, 2.05) is 20.8 Å². The van der Waals surface area contributed by atoms with Crippen molar-refractivity contribution in [2.75, 3.05) is 0 Å². The van der Waals surface area contributed by atoms with Crippen LogP contribution in [0.1, 0.15) is 73.6 Å². The lowest BCUT2D eigenvalue weighted by Gasteiger charge is -2.36. The predicted molar refractivity (Wildman–Crippen MR) is 83.7 cm³/mol. The smallest absolute Gasteiger partial charge is 0.313 e. The fraction of sp³-hybridized carbons (Fsp3) is 0.944. The fourth-order valence-electron chi connectivity index (χ4n) is 3.32. The van der Waals surface area contributed by atoms with Crippen LogP contribution >= 0.6 is 0 Å². The lowest BCUT2D eigenvalue weighted by molar-refractivity contribution is -0.230. The molecule has 2 fully saturated rings. The van der Waals surface area contributed by atoms with Crippen LogP contribution in [0.25, 0.3) is 0 Å². The average Bonchev–Trinajstić information content (AvgIpc) is 2.98. The van der Waals surface area contributed by atoms with Gasteiger partial charge in [-0.3, -0.25) is 4.79 Å². The van der Waals surface area contributed by atoms with Crippen LogP contribution in [0.5, 0.6) is 0 Å². The van der Waals surface area contributed by atoms with E-state index in [0.717, 1.165) is 18.8 Å². The molecule has 0 aromatic carbocycles. The van der Waals surface area contributed by atoms with E-state index < -0.39 is 11.7 Å². The lowest BCUT2D eigenvalue weighted by atomic mass is 9.90. The molecule has 0 aliphatic heterocycles. The first-order chi connectivity index (χ1) is 9.63. The SMILES string of the molecule is CCC(C)(C)C(=O)OC(OC1CC2CCC1C2)C(C)(C)C. The van der Waals surface area contributed by atoms with Gasteiger partial charge in [0.15, 0.2) is 0 Å². The van der Waals surface area contributed by atoms with Gasteiger partial charge in [-0.05, 0) is 57.8 Å². The number of hydrogen-bond donors (Lipinski definition) is 0. The van der Waals surface area contributed by atoms with Crippen LogP contribution in [0.15, 0.2) is 0 Å². The maximum absolute atomic E-state index is 12.4. The number of hydrogen-bond acceptors (Lipinski definition) is 3. The third kappa shape index (κ3) is 3.80. The first kappa shape index (κ1) is 16.8. The Hall–Kier alpha value is -0.570. The van der Waals surface area contributed by atoms with E-state index in [2.05, 4.69) is 20.8 Å². The largest absolute Gasteiger partial charge is 0.435 e. The summed E-state index contributed by atoms with van der Waals surface area (Å²) in [5.74, 6) is 1.37. The van der Waals surface area contributed by atoms with Crippen molar-refractivity contribution >= 4 is 5.97 Å². The standard InChI is InChI=1S/C18H32O3/c1-7-18(5,6)15(19)21-16(17(2,3)4)20-14-11-12-8-9-13(14)10-12/h12-14,16H,7-11H2,1-6H3. The van der Waals surface area contributed by atoms with Crippen LogP contribution in [-0.2, 0) is 14.3 Å². The molecule has 4 atom stereocenters. The minimum atomic E-state index is -0.444. The molecule has 0 N–H and O–H groups in total. The molecule has 0 spiro atoms. The van der Waals surface area contributed by atoms with Gasteiger partial charge >= 0.3 is 5.97 Å². The van der Waals surface area contributed by atoms with Crippen molar-refractivity contribution in [1.82, 2.24) is 0 Å². The van der Waals surface area contributed by atoms with Crippen molar-refractivity contribution < 1.29 is 14.3 Å². The van der Waals surface area contributed by atoms with Crippen molar-refractivity contribution in [2.24, 2.45) is 22.7 Å². The first-order valence-electron chi connectivity index (χ1n) is 8.50. The quantitative estimate of drug-likeness (QED) is 0.552. The first-order valence-corrected chi connectivity index (χ1v) is 8.50. The molecule has 122 valence electrons. The molecule has 3 nitrogen and oxygen atoms in total. The third-order valence-corrected chi connectivity index (χ3v) is 5.33. The van der Waals surface area contributed by atoms with E-state index in [1.54, 1.807) is 0 Å². The monoisotopic (exact) mass is 296 g/mol. The van der Waals surface area contributed by atoms with Crippen molar-refractivity contribution in [3.05, 3.63) is 0 Å². The van der Waals surface area contributed by atoms with Crippen LogP contribution in [0.4, 0.5) is 0 Å². The summed E-state index contributed by atoms with van der Waals surface area (Å²) in [6.45, 7) is 12.1. The molecule has 0 heterocycles. The summed E-state index contributed by atoms with van der Waals surface area (Å²) in [6.07, 6.45) is 5.69. The van der Waals surface area contributed by atoms with E-state index in [-0.39, 0.29) is 17.5 Å². The Labute approximate surface area is 129 Å². The third-order valence-electron chi connectivity index (χ3n) is 5.33. The summed E-state index contributed by atoms with van der Waals surface area (Å²) >= 11 is 0. The molecule has 0 amide bonds. The van der Waals surface area contributed by atoms with E-state index in [0.29, 0.717) is 5.92 Å². The van der Waals surface area contributed by atoms with Crippen molar-refractivity contribution in [3.63, 3.8) is 0 Å².